The summed E-state index contributed by atoms with van der Waals surface area (Å²) in [6.07, 6.45) is 2.94. The third-order valence-electron chi connectivity index (χ3n) is 3.64. The minimum atomic E-state index is 0.363. The quantitative estimate of drug-likeness (QED) is 0.611. The summed E-state index contributed by atoms with van der Waals surface area (Å²) < 4.78 is 5.75. The molecule has 0 radical (unpaired) electrons. The van der Waals surface area contributed by atoms with Gasteiger partial charge in [0.1, 0.15) is 0 Å². The monoisotopic (exact) mass is 271 g/mol. The first kappa shape index (κ1) is 14.0. The van der Waals surface area contributed by atoms with E-state index in [0.717, 1.165) is 38.4 Å². The lowest BCUT2D eigenvalue weighted by atomic mass is 9.93. The van der Waals surface area contributed by atoms with Crippen molar-refractivity contribution in [2.24, 2.45) is 16.6 Å². The van der Waals surface area contributed by atoms with Gasteiger partial charge in [0.15, 0.2) is 5.96 Å². The van der Waals surface area contributed by atoms with E-state index in [1.165, 1.54) is 11.5 Å². The minimum absolute atomic E-state index is 0.363. The molecule has 104 valence electrons. The predicted molar refractivity (Wildman–Crippen MR) is 78.1 cm³/mol. The Kier molecular flexibility index (Phi) is 5.18. The fourth-order valence-corrected chi connectivity index (χ4v) is 3.71. The normalized spacial score (nSPS) is 34.7. The fraction of sp³-hybridized carbons (Fsp3) is 0.923. The second-order valence-corrected chi connectivity index (χ2v) is 6.62. The zero-order chi connectivity index (χ0) is 13.0. The van der Waals surface area contributed by atoms with Gasteiger partial charge >= 0.3 is 0 Å². The van der Waals surface area contributed by atoms with Gasteiger partial charge < -0.3 is 15.4 Å². The first-order chi connectivity index (χ1) is 8.65. The van der Waals surface area contributed by atoms with Gasteiger partial charge in [-0.3, -0.25) is 4.99 Å². The Morgan fingerprint density at radius 1 is 1.28 bits per heavy atom. The summed E-state index contributed by atoms with van der Waals surface area (Å²) in [5, 5.41) is 0. The van der Waals surface area contributed by atoms with Crippen molar-refractivity contribution in [2.75, 3.05) is 31.1 Å². The maximum atomic E-state index is 6.07. The molecule has 0 amide bonds. The molecule has 0 spiro atoms. The highest BCUT2D eigenvalue weighted by molar-refractivity contribution is 7.99. The number of ether oxygens (including phenoxy) is 1. The van der Waals surface area contributed by atoms with Crippen LogP contribution in [0.25, 0.3) is 0 Å². The van der Waals surface area contributed by atoms with Crippen LogP contribution in [0.3, 0.4) is 0 Å². The predicted octanol–water partition coefficient (Wildman–Crippen LogP) is 1.55. The van der Waals surface area contributed by atoms with Crippen LogP contribution in [0.2, 0.25) is 0 Å². The number of rotatable bonds is 2. The molecule has 2 unspecified atom stereocenters. The molecule has 2 aliphatic rings. The first-order valence-corrected chi connectivity index (χ1v) is 8.08. The topological polar surface area (TPSA) is 50.8 Å². The molecule has 4 nitrogen and oxygen atoms in total. The fourth-order valence-electron chi connectivity index (χ4n) is 2.81. The maximum Gasteiger partial charge on any atom is 0.191 e. The lowest BCUT2D eigenvalue weighted by Gasteiger charge is -2.32. The van der Waals surface area contributed by atoms with Crippen molar-refractivity contribution in [3.05, 3.63) is 0 Å². The van der Waals surface area contributed by atoms with E-state index in [9.17, 15) is 0 Å². The van der Waals surface area contributed by atoms with Gasteiger partial charge in [-0.25, -0.2) is 0 Å². The molecule has 0 aromatic rings. The van der Waals surface area contributed by atoms with Crippen molar-refractivity contribution in [3.63, 3.8) is 0 Å². The van der Waals surface area contributed by atoms with Crippen LogP contribution < -0.4 is 5.73 Å². The largest absolute Gasteiger partial charge is 0.376 e. The van der Waals surface area contributed by atoms with E-state index in [4.69, 9.17) is 10.5 Å². The highest BCUT2D eigenvalue weighted by Gasteiger charge is 2.24. The maximum absolute atomic E-state index is 6.07. The first-order valence-electron chi connectivity index (χ1n) is 6.93. The van der Waals surface area contributed by atoms with Crippen LogP contribution in [-0.2, 0) is 4.74 Å². The van der Waals surface area contributed by atoms with Gasteiger partial charge in [-0.15, -0.1) is 0 Å². The molecule has 0 bridgehead atoms. The van der Waals surface area contributed by atoms with Crippen LogP contribution >= 0.6 is 11.8 Å². The average Bonchev–Trinajstić information content (AvgIpc) is 2.36. The molecule has 2 rings (SSSR count). The third-order valence-corrected chi connectivity index (χ3v) is 4.58. The Bertz CT molecular complexity index is 282. The second-order valence-electron chi connectivity index (χ2n) is 5.39. The number of nitrogens with two attached hydrogens (primary N) is 1. The zero-order valence-corrected chi connectivity index (χ0v) is 12.3. The molecule has 2 atom stereocenters. The van der Waals surface area contributed by atoms with Gasteiger partial charge in [0.05, 0.1) is 12.2 Å². The highest BCUT2D eigenvalue weighted by atomic mass is 32.2. The van der Waals surface area contributed by atoms with Gasteiger partial charge in [0, 0.05) is 31.1 Å². The standard InChI is InChI=1S/C13H25N3OS/c1-10-7-12(8-11(2)17-10)9-15-13(14)16-3-5-18-6-4-16/h10-12H,3-9H2,1-2H3,(H2,14,15). The summed E-state index contributed by atoms with van der Waals surface area (Å²) in [4.78, 5) is 6.81. The van der Waals surface area contributed by atoms with E-state index in [0.29, 0.717) is 18.1 Å². The van der Waals surface area contributed by atoms with Crippen LogP contribution in [0.4, 0.5) is 0 Å². The molecule has 0 aliphatic carbocycles. The molecule has 2 N–H and O–H groups in total. The van der Waals surface area contributed by atoms with Crippen molar-refractivity contribution in [3.8, 4) is 0 Å². The molecule has 5 heteroatoms. The van der Waals surface area contributed by atoms with Gasteiger partial charge in [-0.2, -0.15) is 11.8 Å². The van der Waals surface area contributed by atoms with E-state index in [1.807, 2.05) is 11.8 Å². The Morgan fingerprint density at radius 3 is 2.50 bits per heavy atom. The molecular formula is C13H25N3OS. The van der Waals surface area contributed by atoms with Gasteiger partial charge in [0.25, 0.3) is 0 Å². The molecule has 2 saturated heterocycles. The van der Waals surface area contributed by atoms with Crippen molar-refractivity contribution < 1.29 is 4.74 Å². The number of guanidine groups is 1. The number of thioether (sulfide) groups is 1. The number of hydrogen-bond donors (Lipinski definition) is 1. The summed E-state index contributed by atoms with van der Waals surface area (Å²) in [7, 11) is 0. The summed E-state index contributed by atoms with van der Waals surface area (Å²) >= 11 is 1.99. The molecule has 2 aliphatic heterocycles. The molecular weight excluding hydrogens is 246 g/mol. The lowest BCUT2D eigenvalue weighted by Crippen LogP contribution is -2.43. The number of hydrogen-bond acceptors (Lipinski definition) is 3. The smallest absolute Gasteiger partial charge is 0.191 e. The van der Waals surface area contributed by atoms with Crippen molar-refractivity contribution in [2.45, 2.75) is 38.9 Å². The number of nitrogens with zero attached hydrogens (tertiary/aromatic N) is 2. The van der Waals surface area contributed by atoms with E-state index in [2.05, 4.69) is 23.7 Å². The van der Waals surface area contributed by atoms with Crippen LogP contribution in [0.5, 0.6) is 0 Å². The van der Waals surface area contributed by atoms with Crippen molar-refractivity contribution >= 4 is 17.7 Å². The Morgan fingerprint density at radius 2 is 1.89 bits per heavy atom. The molecule has 0 aromatic heterocycles. The van der Waals surface area contributed by atoms with E-state index in [-0.39, 0.29) is 0 Å². The number of aliphatic imine (C=N–C) groups is 1. The average molecular weight is 271 g/mol. The summed E-state index contributed by atoms with van der Waals surface area (Å²) in [6, 6.07) is 0. The van der Waals surface area contributed by atoms with E-state index < -0.39 is 0 Å². The molecule has 0 saturated carbocycles. The van der Waals surface area contributed by atoms with Crippen molar-refractivity contribution in [1.82, 2.24) is 4.90 Å². The van der Waals surface area contributed by atoms with Crippen LogP contribution in [0.1, 0.15) is 26.7 Å². The lowest BCUT2D eigenvalue weighted by molar-refractivity contribution is -0.0501. The SMILES string of the molecule is CC1CC(CN=C(N)N2CCSCC2)CC(C)O1. The molecule has 2 fully saturated rings. The Hall–Kier alpha value is -0.420. The third kappa shape index (κ3) is 4.05. The summed E-state index contributed by atoms with van der Waals surface area (Å²) in [5.41, 5.74) is 6.07. The van der Waals surface area contributed by atoms with Gasteiger partial charge in [-0.1, -0.05) is 0 Å². The zero-order valence-electron chi connectivity index (χ0n) is 11.5. The van der Waals surface area contributed by atoms with E-state index >= 15 is 0 Å². The van der Waals surface area contributed by atoms with Gasteiger partial charge in [0.2, 0.25) is 0 Å². The van der Waals surface area contributed by atoms with Crippen molar-refractivity contribution in [1.29, 1.82) is 0 Å². The molecule has 18 heavy (non-hydrogen) atoms. The highest BCUT2D eigenvalue weighted by Crippen LogP contribution is 2.24. The van der Waals surface area contributed by atoms with Crippen LogP contribution in [0.15, 0.2) is 4.99 Å². The van der Waals surface area contributed by atoms with Gasteiger partial charge in [-0.05, 0) is 32.6 Å². The van der Waals surface area contributed by atoms with Crippen LogP contribution in [0, 0.1) is 5.92 Å². The summed E-state index contributed by atoms with van der Waals surface area (Å²) in [6.45, 7) is 7.24. The minimum Gasteiger partial charge on any atom is -0.376 e. The van der Waals surface area contributed by atoms with E-state index in [1.54, 1.807) is 0 Å². The second kappa shape index (κ2) is 6.66. The van der Waals surface area contributed by atoms with Crippen LogP contribution in [-0.4, -0.2) is 54.2 Å². The Labute approximate surface area is 114 Å². The molecule has 0 aromatic carbocycles. The summed E-state index contributed by atoms with van der Waals surface area (Å²) in [5.74, 6) is 3.70. The molecule has 2 heterocycles. The Balaban J connectivity index is 1.81.